The molecule has 0 aromatic carbocycles. The summed E-state index contributed by atoms with van der Waals surface area (Å²) in [6.07, 6.45) is 4.16. The number of halogens is 1. The Bertz CT molecular complexity index is 443. The van der Waals surface area contributed by atoms with E-state index in [2.05, 4.69) is 17.1 Å². The fourth-order valence-electron chi connectivity index (χ4n) is 3.52. The number of carbonyl (C=O) groups is 1. The van der Waals surface area contributed by atoms with Gasteiger partial charge in [0.1, 0.15) is 6.10 Å². The number of carbonyl (C=O) groups excluding carboxylic acids is 1. The van der Waals surface area contributed by atoms with Crippen molar-refractivity contribution < 1.29 is 14.3 Å². The van der Waals surface area contributed by atoms with E-state index in [0.717, 1.165) is 84.1 Å². The third kappa shape index (κ3) is 5.68. The van der Waals surface area contributed by atoms with Crippen LogP contribution in [0, 0.1) is 0 Å². The number of hydrogen-bond donors (Lipinski definition) is 1. The molecule has 3 saturated heterocycles. The molecule has 0 radical (unpaired) electrons. The molecular formula is C17H31IN4O3. The van der Waals surface area contributed by atoms with Crippen LogP contribution in [0.3, 0.4) is 0 Å². The largest absolute Gasteiger partial charge is 0.376 e. The number of aliphatic imine (C=N–C) groups is 1. The summed E-state index contributed by atoms with van der Waals surface area (Å²) in [6, 6.07) is 0. The summed E-state index contributed by atoms with van der Waals surface area (Å²) >= 11 is 0. The molecule has 1 amide bonds. The van der Waals surface area contributed by atoms with Gasteiger partial charge in [0.05, 0.1) is 12.6 Å². The zero-order valence-electron chi connectivity index (χ0n) is 15.1. The average Bonchev–Trinajstić information content (AvgIpc) is 3.31. The second kappa shape index (κ2) is 10.5. The zero-order chi connectivity index (χ0) is 16.8. The molecule has 0 aromatic rings. The zero-order valence-corrected chi connectivity index (χ0v) is 17.4. The predicted octanol–water partition coefficient (Wildman–Crippen LogP) is 1.07. The summed E-state index contributed by atoms with van der Waals surface area (Å²) in [5.41, 5.74) is 0. The lowest BCUT2D eigenvalue weighted by molar-refractivity contribution is -0.142. The summed E-state index contributed by atoms with van der Waals surface area (Å²) in [7, 11) is 0. The van der Waals surface area contributed by atoms with Crippen molar-refractivity contribution in [3.8, 4) is 0 Å². The standard InChI is InChI=1S/C17H30N4O3.HI/c1-2-18-17(19-13-14-5-3-11-23-14)21-9-7-20(8-10-21)16(22)15-6-4-12-24-15;/h14-15H,2-13H2,1H3,(H,18,19);1H. The number of hydrogen-bond acceptors (Lipinski definition) is 4. The van der Waals surface area contributed by atoms with Crippen LogP contribution in [0.1, 0.15) is 32.6 Å². The molecule has 2 atom stereocenters. The number of rotatable bonds is 4. The molecule has 0 saturated carbocycles. The Morgan fingerprint density at radius 1 is 1.08 bits per heavy atom. The third-order valence-corrected chi connectivity index (χ3v) is 4.90. The van der Waals surface area contributed by atoms with Gasteiger partial charge in [-0.1, -0.05) is 0 Å². The van der Waals surface area contributed by atoms with Gasteiger partial charge in [-0.25, -0.2) is 0 Å². The highest BCUT2D eigenvalue weighted by Crippen LogP contribution is 2.16. The monoisotopic (exact) mass is 466 g/mol. The van der Waals surface area contributed by atoms with Crippen LogP contribution >= 0.6 is 24.0 Å². The van der Waals surface area contributed by atoms with Crippen LogP contribution in [-0.4, -0.2) is 86.4 Å². The van der Waals surface area contributed by atoms with Crippen molar-refractivity contribution in [1.29, 1.82) is 0 Å². The molecule has 3 aliphatic rings. The lowest BCUT2D eigenvalue weighted by Crippen LogP contribution is -2.55. The molecule has 0 spiro atoms. The van der Waals surface area contributed by atoms with E-state index in [1.165, 1.54) is 0 Å². The quantitative estimate of drug-likeness (QED) is 0.382. The van der Waals surface area contributed by atoms with Gasteiger partial charge in [-0.05, 0) is 32.6 Å². The maximum absolute atomic E-state index is 12.4. The highest BCUT2D eigenvalue weighted by Gasteiger charge is 2.31. The number of nitrogens with zero attached hydrogens (tertiary/aromatic N) is 3. The number of nitrogens with one attached hydrogen (secondary N) is 1. The molecule has 2 unspecified atom stereocenters. The number of ether oxygens (including phenoxy) is 2. The summed E-state index contributed by atoms with van der Waals surface area (Å²) in [6.45, 7) is 8.34. The van der Waals surface area contributed by atoms with Gasteiger partial charge in [-0.2, -0.15) is 0 Å². The molecule has 3 fully saturated rings. The first-order chi connectivity index (χ1) is 11.8. The second-order valence-electron chi connectivity index (χ2n) is 6.64. The van der Waals surface area contributed by atoms with Crippen molar-refractivity contribution in [3.63, 3.8) is 0 Å². The van der Waals surface area contributed by atoms with E-state index in [0.29, 0.717) is 0 Å². The molecule has 8 heteroatoms. The highest BCUT2D eigenvalue weighted by molar-refractivity contribution is 14.0. The molecular weight excluding hydrogens is 435 g/mol. The maximum atomic E-state index is 12.4. The number of piperazine rings is 1. The molecule has 1 N–H and O–H groups in total. The van der Waals surface area contributed by atoms with Gasteiger partial charge in [0, 0.05) is 45.9 Å². The molecule has 3 heterocycles. The van der Waals surface area contributed by atoms with E-state index < -0.39 is 0 Å². The Labute approximate surface area is 167 Å². The molecule has 144 valence electrons. The van der Waals surface area contributed by atoms with E-state index in [4.69, 9.17) is 14.5 Å². The van der Waals surface area contributed by atoms with E-state index in [1.807, 2.05) is 4.90 Å². The van der Waals surface area contributed by atoms with Crippen molar-refractivity contribution in [2.24, 2.45) is 4.99 Å². The topological polar surface area (TPSA) is 66.4 Å². The smallest absolute Gasteiger partial charge is 0.251 e. The van der Waals surface area contributed by atoms with Crippen LogP contribution in [0.2, 0.25) is 0 Å². The minimum atomic E-state index is -0.210. The minimum absolute atomic E-state index is 0. The molecule has 7 nitrogen and oxygen atoms in total. The Balaban J connectivity index is 0.00000225. The van der Waals surface area contributed by atoms with Crippen LogP contribution < -0.4 is 5.32 Å². The summed E-state index contributed by atoms with van der Waals surface area (Å²) < 4.78 is 11.2. The Kier molecular flexibility index (Phi) is 8.71. The van der Waals surface area contributed by atoms with Crippen LogP contribution in [0.25, 0.3) is 0 Å². The van der Waals surface area contributed by atoms with Crippen molar-refractivity contribution >= 4 is 35.8 Å². The summed E-state index contributed by atoms with van der Waals surface area (Å²) in [4.78, 5) is 21.4. The van der Waals surface area contributed by atoms with Crippen molar-refractivity contribution in [3.05, 3.63) is 0 Å². The fraction of sp³-hybridized carbons (Fsp3) is 0.882. The van der Waals surface area contributed by atoms with Crippen LogP contribution in [-0.2, 0) is 14.3 Å². The normalized spacial score (nSPS) is 27.3. The lowest BCUT2D eigenvalue weighted by Gasteiger charge is -2.37. The van der Waals surface area contributed by atoms with E-state index in [1.54, 1.807) is 0 Å². The molecule has 0 bridgehead atoms. The third-order valence-electron chi connectivity index (χ3n) is 4.90. The molecule has 0 aromatic heterocycles. The molecule has 25 heavy (non-hydrogen) atoms. The first-order valence-corrected chi connectivity index (χ1v) is 9.33. The lowest BCUT2D eigenvalue weighted by atomic mass is 10.2. The number of guanidine groups is 1. The minimum Gasteiger partial charge on any atom is -0.376 e. The summed E-state index contributed by atoms with van der Waals surface area (Å²) in [5, 5.41) is 3.37. The SMILES string of the molecule is CCNC(=NCC1CCCO1)N1CCN(C(=O)C2CCCO2)CC1.I. The van der Waals surface area contributed by atoms with Gasteiger partial charge < -0.3 is 24.6 Å². The Morgan fingerprint density at radius 3 is 2.36 bits per heavy atom. The van der Waals surface area contributed by atoms with Gasteiger partial charge >= 0.3 is 0 Å². The van der Waals surface area contributed by atoms with Gasteiger partial charge in [-0.15, -0.1) is 24.0 Å². The van der Waals surface area contributed by atoms with E-state index in [-0.39, 0.29) is 42.1 Å². The Morgan fingerprint density at radius 2 is 1.76 bits per heavy atom. The maximum Gasteiger partial charge on any atom is 0.251 e. The molecule has 3 rings (SSSR count). The predicted molar refractivity (Wildman–Crippen MR) is 107 cm³/mol. The van der Waals surface area contributed by atoms with Crippen LogP contribution in [0.15, 0.2) is 4.99 Å². The van der Waals surface area contributed by atoms with Gasteiger partial charge in [0.15, 0.2) is 5.96 Å². The van der Waals surface area contributed by atoms with E-state index >= 15 is 0 Å². The summed E-state index contributed by atoms with van der Waals surface area (Å²) in [5.74, 6) is 1.10. The van der Waals surface area contributed by atoms with Crippen molar-refractivity contribution in [2.75, 3.05) is 52.5 Å². The first-order valence-electron chi connectivity index (χ1n) is 9.33. The highest BCUT2D eigenvalue weighted by atomic mass is 127. The van der Waals surface area contributed by atoms with Crippen LogP contribution in [0.4, 0.5) is 0 Å². The second-order valence-corrected chi connectivity index (χ2v) is 6.64. The fourth-order valence-corrected chi connectivity index (χ4v) is 3.52. The average molecular weight is 466 g/mol. The van der Waals surface area contributed by atoms with Crippen molar-refractivity contribution in [1.82, 2.24) is 15.1 Å². The molecule has 0 aliphatic carbocycles. The van der Waals surface area contributed by atoms with Gasteiger partial charge in [-0.3, -0.25) is 9.79 Å². The van der Waals surface area contributed by atoms with E-state index in [9.17, 15) is 4.79 Å². The first kappa shape index (κ1) is 20.7. The molecule has 3 aliphatic heterocycles. The Hall–Kier alpha value is -0.610. The van der Waals surface area contributed by atoms with Gasteiger partial charge in [0.2, 0.25) is 0 Å². The van der Waals surface area contributed by atoms with Gasteiger partial charge in [0.25, 0.3) is 5.91 Å². The van der Waals surface area contributed by atoms with Crippen molar-refractivity contribution in [2.45, 2.75) is 44.8 Å². The number of amides is 1. The van der Waals surface area contributed by atoms with Crippen LogP contribution in [0.5, 0.6) is 0 Å².